The Morgan fingerprint density at radius 1 is 1.30 bits per heavy atom. The van der Waals surface area contributed by atoms with Gasteiger partial charge in [-0.25, -0.2) is 13.1 Å². The van der Waals surface area contributed by atoms with Crippen LogP contribution in [-0.2, 0) is 10.0 Å². The smallest absolute Gasteiger partial charge is 0.213 e. The summed E-state index contributed by atoms with van der Waals surface area (Å²) in [6.07, 6.45) is 5.59. The maximum atomic E-state index is 12.1. The van der Waals surface area contributed by atoms with Crippen LogP contribution in [-0.4, -0.2) is 59.4 Å². The molecule has 1 aromatic heterocycles. The van der Waals surface area contributed by atoms with Crippen molar-refractivity contribution >= 4 is 32.3 Å². The third-order valence-corrected chi connectivity index (χ3v) is 7.63. The van der Waals surface area contributed by atoms with Crippen molar-refractivity contribution in [2.45, 2.75) is 38.1 Å². The van der Waals surface area contributed by atoms with Gasteiger partial charge in [0.15, 0.2) is 5.96 Å². The van der Waals surface area contributed by atoms with Gasteiger partial charge in [-0.3, -0.25) is 4.99 Å². The first kappa shape index (κ1) is 20.4. The number of rotatable bonds is 8. The summed E-state index contributed by atoms with van der Waals surface area (Å²) < 4.78 is 26.9. The average molecular weight is 414 g/mol. The highest BCUT2D eigenvalue weighted by atomic mass is 32.2. The number of nitrogens with zero attached hydrogens (tertiary/aromatic N) is 2. The van der Waals surface area contributed by atoms with E-state index in [4.69, 9.17) is 0 Å². The van der Waals surface area contributed by atoms with E-state index in [1.807, 2.05) is 0 Å². The highest BCUT2D eigenvalue weighted by Crippen LogP contribution is 2.25. The molecule has 0 bridgehead atoms. The molecule has 7 nitrogen and oxygen atoms in total. The Bertz CT molecular complexity index is 693. The van der Waals surface area contributed by atoms with Crippen molar-refractivity contribution in [3.63, 3.8) is 0 Å². The van der Waals surface area contributed by atoms with Crippen LogP contribution in [0.4, 0.5) is 5.00 Å². The Morgan fingerprint density at radius 2 is 2.07 bits per heavy atom. The quantitative estimate of drug-likeness (QED) is 0.445. The molecule has 1 aliphatic carbocycles. The minimum absolute atomic E-state index is 0.0667. The lowest BCUT2D eigenvalue weighted by atomic mass is 9.86. The van der Waals surface area contributed by atoms with Gasteiger partial charge in [0.05, 0.1) is 10.8 Å². The van der Waals surface area contributed by atoms with Crippen LogP contribution >= 0.6 is 11.3 Å². The predicted octanol–water partition coefficient (Wildman–Crippen LogP) is 1.60. The molecule has 0 radical (unpaired) electrons. The van der Waals surface area contributed by atoms with Crippen molar-refractivity contribution in [3.05, 3.63) is 17.5 Å². The van der Waals surface area contributed by atoms with Crippen molar-refractivity contribution in [2.75, 3.05) is 43.9 Å². The van der Waals surface area contributed by atoms with Gasteiger partial charge in [0.1, 0.15) is 0 Å². The number of nitrogens with one attached hydrogen (secondary N) is 3. The van der Waals surface area contributed by atoms with Gasteiger partial charge in [0.2, 0.25) is 10.0 Å². The second-order valence-electron chi connectivity index (χ2n) is 7.32. The van der Waals surface area contributed by atoms with Gasteiger partial charge in [-0.05, 0) is 49.1 Å². The van der Waals surface area contributed by atoms with Crippen LogP contribution in [0.2, 0.25) is 0 Å². The van der Waals surface area contributed by atoms with E-state index in [-0.39, 0.29) is 5.75 Å². The molecule has 1 saturated carbocycles. The van der Waals surface area contributed by atoms with Crippen LogP contribution in [0, 0.1) is 5.92 Å². The minimum Gasteiger partial charge on any atom is -0.363 e. The summed E-state index contributed by atoms with van der Waals surface area (Å²) >= 11 is 1.78. The summed E-state index contributed by atoms with van der Waals surface area (Å²) in [4.78, 5) is 6.65. The molecule has 9 heteroatoms. The summed E-state index contributed by atoms with van der Waals surface area (Å²) in [6, 6.07) is 4.62. The first-order chi connectivity index (χ1) is 13.1. The number of sulfonamides is 1. The lowest BCUT2D eigenvalue weighted by Gasteiger charge is -2.33. The Kier molecular flexibility index (Phi) is 7.37. The van der Waals surface area contributed by atoms with Crippen LogP contribution in [0.3, 0.4) is 0 Å². The van der Waals surface area contributed by atoms with Crippen molar-refractivity contribution in [2.24, 2.45) is 10.9 Å². The number of hydrogen-bond donors (Lipinski definition) is 3. The summed E-state index contributed by atoms with van der Waals surface area (Å²) in [7, 11) is -1.50. The zero-order chi connectivity index (χ0) is 19.1. The summed E-state index contributed by atoms with van der Waals surface area (Å²) in [5, 5.41) is 10.0. The monoisotopic (exact) mass is 413 g/mol. The van der Waals surface area contributed by atoms with E-state index in [0.717, 1.165) is 38.8 Å². The zero-order valence-corrected chi connectivity index (χ0v) is 17.6. The van der Waals surface area contributed by atoms with Crippen molar-refractivity contribution in [3.8, 4) is 0 Å². The normalized spacial score (nSPS) is 19.7. The molecule has 0 spiro atoms. The molecule has 0 amide bonds. The molecule has 1 aromatic rings. The molecule has 152 valence electrons. The predicted molar refractivity (Wildman–Crippen MR) is 113 cm³/mol. The van der Waals surface area contributed by atoms with Gasteiger partial charge in [-0.1, -0.05) is 6.42 Å². The van der Waals surface area contributed by atoms with E-state index in [1.54, 1.807) is 18.4 Å². The molecule has 1 aliphatic heterocycles. The van der Waals surface area contributed by atoms with Crippen LogP contribution in [0.5, 0.6) is 0 Å². The second kappa shape index (κ2) is 9.75. The fourth-order valence-electron chi connectivity index (χ4n) is 3.40. The molecule has 0 atom stereocenters. The van der Waals surface area contributed by atoms with Crippen molar-refractivity contribution in [1.29, 1.82) is 0 Å². The topological polar surface area (TPSA) is 85.8 Å². The third-order valence-electron chi connectivity index (χ3n) is 5.36. The molecular weight excluding hydrogens is 382 g/mol. The SMILES string of the molecule is CN=C(NCCS(=O)(=O)NCC1CCC1)NC1CCN(c2cccs2)CC1. The largest absolute Gasteiger partial charge is 0.363 e. The Hall–Kier alpha value is -1.32. The zero-order valence-electron chi connectivity index (χ0n) is 16.0. The number of guanidine groups is 1. The molecule has 2 aliphatic rings. The summed E-state index contributed by atoms with van der Waals surface area (Å²) in [5.41, 5.74) is 0. The lowest BCUT2D eigenvalue weighted by Crippen LogP contribution is -2.49. The van der Waals surface area contributed by atoms with E-state index >= 15 is 0 Å². The summed E-state index contributed by atoms with van der Waals surface area (Å²) in [6.45, 7) is 2.98. The molecule has 3 N–H and O–H groups in total. The van der Waals surface area contributed by atoms with Gasteiger partial charge in [0, 0.05) is 39.3 Å². The fourth-order valence-corrected chi connectivity index (χ4v) is 5.19. The van der Waals surface area contributed by atoms with Crippen LogP contribution < -0.4 is 20.3 Å². The Balaban J connectivity index is 1.34. The molecule has 3 rings (SSSR count). The molecular formula is C18H31N5O2S2. The number of aliphatic imine (C=N–C) groups is 1. The molecule has 0 aromatic carbocycles. The number of anilines is 1. The first-order valence-electron chi connectivity index (χ1n) is 9.79. The minimum atomic E-state index is -3.22. The van der Waals surface area contributed by atoms with E-state index in [1.165, 1.54) is 11.4 Å². The maximum absolute atomic E-state index is 12.1. The van der Waals surface area contributed by atoms with Crippen LogP contribution in [0.15, 0.2) is 22.5 Å². The molecule has 1 saturated heterocycles. The van der Waals surface area contributed by atoms with Crippen LogP contribution in [0.25, 0.3) is 0 Å². The van der Waals surface area contributed by atoms with Crippen molar-refractivity contribution in [1.82, 2.24) is 15.4 Å². The van der Waals surface area contributed by atoms with Gasteiger partial charge in [-0.2, -0.15) is 0 Å². The van der Waals surface area contributed by atoms with E-state index in [9.17, 15) is 8.42 Å². The van der Waals surface area contributed by atoms with Crippen molar-refractivity contribution < 1.29 is 8.42 Å². The number of hydrogen-bond acceptors (Lipinski definition) is 5. The summed E-state index contributed by atoms with van der Waals surface area (Å²) in [5.74, 6) is 1.28. The van der Waals surface area contributed by atoms with Gasteiger partial charge in [-0.15, -0.1) is 11.3 Å². The molecule has 2 fully saturated rings. The number of thiophene rings is 1. The molecule has 2 heterocycles. The standard InChI is InChI=1S/C18H31N5O2S2/c1-19-18(20-9-13-27(24,25)21-14-15-4-2-5-15)22-16-7-10-23(11-8-16)17-6-3-12-26-17/h3,6,12,15-16,21H,2,4-5,7-11,13-14H2,1H3,(H2,19,20,22). The Morgan fingerprint density at radius 3 is 2.67 bits per heavy atom. The van der Waals surface area contributed by atoms with Gasteiger partial charge < -0.3 is 15.5 Å². The first-order valence-corrected chi connectivity index (χ1v) is 12.3. The molecule has 0 unspecified atom stereocenters. The number of piperidine rings is 1. The average Bonchev–Trinajstić information content (AvgIpc) is 3.14. The van der Waals surface area contributed by atoms with Gasteiger partial charge in [0.25, 0.3) is 0 Å². The maximum Gasteiger partial charge on any atom is 0.213 e. The Labute approximate surface area is 166 Å². The lowest BCUT2D eigenvalue weighted by molar-refractivity contribution is 0.316. The highest BCUT2D eigenvalue weighted by Gasteiger charge is 2.22. The van der Waals surface area contributed by atoms with E-state index in [0.29, 0.717) is 31.0 Å². The van der Waals surface area contributed by atoms with E-state index < -0.39 is 10.0 Å². The molecule has 27 heavy (non-hydrogen) atoms. The second-order valence-corrected chi connectivity index (χ2v) is 10.2. The highest BCUT2D eigenvalue weighted by molar-refractivity contribution is 7.89. The van der Waals surface area contributed by atoms with E-state index in [2.05, 4.69) is 42.8 Å². The fraction of sp³-hybridized carbons (Fsp3) is 0.722. The third kappa shape index (κ3) is 6.36. The van der Waals surface area contributed by atoms with Crippen LogP contribution in [0.1, 0.15) is 32.1 Å². The van der Waals surface area contributed by atoms with Gasteiger partial charge >= 0.3 is 0 Å².